The van der Waals surface area contributed by atoms with Crippen molar-refractivity contribution in [1.29, 1.82) is 0 Å². The van der Waals surface area contributed by atoms with Crippen LogP contribution in [0, 0.1) is 13.8 Å². The standard InChI is InChI=1S/C17H23N3O4S2/c1-14-17(26(23,24)19-12-8-3-4-9-13-19)15(2)20(18-14)25(21,22)16-10-6-5-7-11-16/h5-7,10-11H,3-4,8-9,12-13H2,1-2H3. The largest absolute Gasteiger partial charge is 0.283 e. The lowest BCUT2D eigenvalue weighted by Gasteiger charge is -2.20. The highest BCUT2D eigenvalue weighted by Crippen LogP contribution is 2.27. The van der Waals surface area contributed by atoms with Crippen LogP contribution < -0.4 is 0 Å². The van der Waals surface area contributed by atoms with Crippen molar-refractivity contribution in [1.82, 2.24) is 13.5 Å². The molecule has 1 aromatic carbocycles. The first-order valence-corrected chi connectivity index (χ1v) is 11.5. The fourth-order valence-corrected chi connectivity index (χ4v) is 6.63. The van der Waals surface area contributed by atoms with E-state index in [9.17, 15) is 16.8 Å². The van der Waals surface area contributed by atoms with Crippen molar-refractivity contribution in [2.45, 2.75) is 49.3 Å². The molecule has 0 amide bonds. The summed E-state index contributed by atoms with van der Waals surface area (Å²) in [6, 6.07) is 7.89. The van der Waals surface area contributed by atoms with Gasteiger partial charge in [0.2, 0.25) is 10.0 Å². The fourth-order valence-electron chi connectivity index (χ4n) is 3.32. The molecular formula is C17H23N3O4S2. The summed E-state index contributed by atoms with van der Waals surface area (Å²) in [7, 11) is -7.73. The van der Waals surface area contributed by atoms with Crippen LogP contribution in [-0.2, 0) is 20.0 Å². The summed E-state index contributed by atoms with van der Waals surface area (Å²) in [4.78, 5) is 0.0724. The van der Waals surface area contributed by atoms with Crippen LogP contribution in [0.25, 0.3) is 0 Å². The van der Waals surface area contributed by atoms with Gasteiger partial charge < -0.3 is 0 Å². The molecule has 1 aliphatic heterocycles. The van der Waals surface area contributed by atoms with E-state index >= 15 is 0 Å². The number of sulfonamides is 1. The molecule has 1 saturated heterocycles. The molecule has 0 saturated carbocycles. The van der Waals surface area contributed by atoms with Crippen molar-refractivity contribution in [2.24, 2.45) is 0 Å². The third-order valence-corrected chi connectivity index (χ3v) is 8.45. The van der Waals surface area contributed by atoms with Gasteiger partial charge in [-0.05, 0) is 38.8 Å². The fraction of sp³-hybridized carbons (Fsp3) is 0.471. The molecule has 1 aliphatic rings. The monoisotopic (exact) mass is 397 g/mol. The predicted octanol–water partition coefficient (Wildman–Crippen LogP) is 2.30. The van der Waals surface area contributed by atoms with Crippen LogP contribution in [0.4, 0.5) is 0 Å². The van der Waals surface area contributed by atoms with E-state index in [0.29, 0.717) is 13.1 Å². The molecule has 2 aromatic rings. The van der Waals surface area contributed by atoms with Gasteiger partial charge in [0.15, 0.2) is 0 Å². The number of aryl methyl sites for hydroxylation is 1. The molecule has 0 unspecified atom stereocenters. The van der Waals surface area contributed by atoms with Gasteiger partial charge in [0.25, 0.3) is 10.0 Å². The second-order valence-electron chi connectivity index (χ2n) is 6.48. The van der Waals surface area contributed by atoms with Gasteiger partial charge in [-0.2, -0.15) is 21.9 Å². The van der Waals surface area contributed by atoms with Gasteiger partial charge in [0.05, 0.1) is 16.3 Å². The van der Waals surface area contributed by atoms with E-state index in [2.05, 4.69) is 5.10 Å². The zero-order valence-electron chi connectivity index (χ0n) is 14.9. The number of benzene rings is 1. The average Bonchev–Trinajstić information content (AvgIpc) is 2.80. The lowest BCUT2D eigenvalue weighted by molar-refractivity contribution is 0.423. The zero-order chi connectivity index (χ0) is 18.9. The Morgan fingerprint density at radius 2 is 1.42 bits per heavy atom. The predicted molar refractivity (Wildman–Crippen MR) is 98.0 cm³/mol. The summed E-state index contributed by atoms with van der Waals surface area (Å²) < 4.78 is 54.3. The van der Waals surface area contributed by atoms with Crippen molar-refractivity contribution in [3.8, 4) is 0 Å². The topological polar surface area (TPSA) is 89.3 Å². The Labute approximate surface area is 154 Å². The molecule has 0 radical (unpaired) electrons. The van der Waals surface area contributed by atoms with Crippen LogP contribution in [0.3, 0.4) is 0 Å². The molecule has 2 heterocycles. The number of rotatable bonds is 4. The number of aromatic nitrogens is 2. The van der Waals surface area contributed by atoms with Crippen molar-refractivity contribution in [3.63, 3.8) is 0 Å². The van der Waals surface area contributed by atoms with Crippen LogP contribution in [0.15, 0.2) is 40.1 Å². The van der Waals surface area contributed by atoms with Crippen LogP contribution in [-0.4, -0.2) is 43.4 Å². The zero-order valence-corrected chi connectivity index (χ0v) is 16.6. The Bertz CT molecular complexity index is 988. The Kier molecular flexibility index (Phi) is 5.23. The maximum Gasteiger partial charge on any atom is 0.283 e. The number of nitrogens with zero attached hydrogens (tertiary/aromatic N) is 3. The molecule has 0 spiro atoms. The van der Waals surface area contributed by atoms with Crippen molar-refractivity contribution in [2.75, 3.05) is 13.1 Å². The normalized spacial score (nSPS) is 17.2. The van der Waals surface area contributed by atoms with Crippen LogP contribution in [0.1, 0.15) is 37.1 Å². The maximum absolute atomic E-state index is 13.1. The van der Waals surface area contributed by atoms with Gasteiger partial charge in [0.1, 0.15) is 4.90 Å². The van der Waals surface area contributed by atoms with Gasteiger partial charge in [-0.15, -0.1) is 0 Å². The molecule has 9 heteroatoms. The van der Waals surface area contributed by atoms with E-state index in [1.54, 1.807) is 18.2 Å². The highest BCUT2D eigenvalue weighted by molar-refractivity contribution is 7.90. The van der Waals surface area contributed by atoms with Crippen LogP contribution in [0.2, 0.25) is 0 Å². The van der Waals surface area contributed by atoms with Gasteiger partial charge in [-0.1, -0.05) is 31.0 Å². The first-order chi connectivity index (χ1) is 12.3. The second kappa shape index (κ2) is 7.13. The van der Waals surface area contributed by atoms with Crippen molar-refractivity contribution in [3.05, 3.63) is 41.7 Å². The quantitative estimate of drug-likeness (QED) is 0.790. The maximum atomic E-state index is 13.1. The minimum atomic E-state index is -3.95. The van der Waals surface area contributed by atoms with E-state index in [-0.39, 0.29) is 21.2 Å². The van der Waals surface area contributed by atoms with Gasteiger partial charge in [-0.25, -0.2) is 8.42 Å². The molecule has 3 rings (SSSR count). The van der Waals surface area contributed by atoms with Gasteiger partial charge in [0, 0.05) is 13.1 Å². The number of hydrogen-bond acceptors (Lipinski definition) is 5. The van der Waals surface area contributed by atoms with Crippen LogP contribution >= 0.6 is 0 Å². The molecule has 0 N–H and O–H groups in total. The Morgan fingerprint density at radius 1 is 0.846 bits per heavy atom. The molecule has 0 bridgehead atoms. The van der Waals surface area contributed by atoms with Crippen molar-refractivity contribution >= 4 is 20.0 Å². The van der Waals surface area contributed by atoms with Crippen molar-refractivity contribution < 1.29 is 16.8 Å². The highest BCUT2D eigenvalue weighted by Gasteiger charge is 2.34. The molecule has 0 aliphatic carbocycles. The Balaban J connectivity index is 2.09. The molecular weight excluding hydrogens is 374 g/mol. The third-order valence-electron chi connectivity index (χ3n) is 4.62. The highest BCUT2D eigenvalue weighted by atomic mass is 32.2. The second-order valence-corrected chi connectivity index (χ2v) is 10.1. The summed E-state index contributed by atoms with van der Waals surface area (Å²) in [6.45, 7) is 3.94. The summed E-state index contributed by atoms with van der Waals surface area (Å²) in [5, 5.41) is 4.07. The summed E-state index contributed by atoms with van der Waals surface area (Å²) >= 11 is 0. The molecule has 26 heavy (non-hydrogen) atoms. The van der Waals surface area contributed by atoms with Gasteiger partial charge >= 0.3 is 0 Å². The molecule has 0 atom stereocenters. The average molecular weight is 398 g/mol. The first-order valence-electron chi connectivity index (χ1n) is 8.63. The molecule has 7 nitrogen and oxygen atoms in total. The minimum absolute atomic E-state index is 0.00101. The van der Waals surface area contributed by atoms with Crippen LogP contribution in [0.5, 0.6) is 0 Å². The number of hydrogen-bond donors (Lipinski definition) is 0. The molecule has 1 aromatic heterocycles. The summed E-state index contributed by atoms with van der Waals surface area (Å²) in [6.07, 6.45) is 3.64. The van der Waals surface area contributed by atoms with E-state index < -0.39 is 20.0 Å². The SMILES string of the molecule is Cc1nn(S(=O)(=O)c2ccccc2)c(C)c1S(=O)(=O)N1CCCCCC1. The van der Waals surface area contributed by atoms with E-state index in [0.717, 1.165) is 29.8 Å². The third kappa shape index (κ3) is 3.30. The first kappa shape index (κ1) is 19.1. The van der Waals surface area contributed by atoms with E-state index in [1.165, 1.54) is 30.3 Å². The molecule has 142 valence electrons. The minimum Gasteiger partial charge on any atom is -0.207 e. The lowest BCUT2D eigenvalue weighted by Crippen LogP contribution is -2.32. The van der Waals surface area contributed by atoms with E-state index in [4.69, 9.17) is 0 Å². The smallest absolute Gasteiger partial charge is 0.207 e. The Hall–Kier alpha value is -1.71. The summed E-state index contributed by atoms with van der Waals surface area (Å²) in [5.74, 6) is 0. The molecule has 1 fully saturated rings. The van der Waals surface area contributed by atoms with Gasteiger partial charge in [-0.3, -0.25) is 0 Å². The lowest BCUT2D eigenvalue weighted by atomic mass is 10.2. The summed E-state index contributed by atoms with van der Waals surface area (Å²) in [5.41, 5.74) is 0.321. The van der Waals surface area contributed by atoms with E-state index in [1.807, 2.05) is 0 Å². The Morgan fingerprint density at radius 3 is 2.00 bits per heavy atom.